The van der Waals surface area contributed by atoms with E-state index in [4.69, 9.17) is 32.7 Å². The summed E-state index contributed by atoms with van der Waals surface area (Å²) < 4.78 is 24.4. The van der Waals surface area contributed by atoms with Gasteiger partial charge in [0.05, 0.1) is 35.9 Å². The predicted octanol–water partition coefficient (Wildman–Crippen LogP) is 5.78. The molecule has 1 aliphatic heterocycles. The van der Waals surface area contributed by atoms with E-state index in [1.807, 2.05) is 0 Å². The van der Waals surface area contributed by atoms with Crippen LogP contribution in [-0.2, 0) is 9.59 Å². The number of hydrogen-bond acceptors (Lipinski definition) is 5. The first kappa shape index (κ1) is 23.6. The molecule has 1 N–H and O–H groups in total. The first-order valence-electron chi connectivity index (χ1n) is 10.0. The average Bonchev–Trinajstić information content (AvgIpc) is 3.10. The van der Waals surface area contributed by atoms with E-state index in [9.17, 15) is 19.1 Å². The number of nitrogens with zero attached hydrogens (tertiary/aromatic N) is 1. The highest BCUT2D eigenvalue weighted by Crippen LogP contribution is 2.45. The van der Waals surface area contributed by atoms with Crippen LogP contribution in [0, 0.1) is 5.82 Å². The molecule has 1 amide bonds. The first-order valence-corrected chi connectivity index (χ1v) is 10.8. The summed E-state index contributed by atoms with van der Waals surface area (Å²) in [7, 11) is 2.80. The summed E-state index contributed by atoms with van der Waals surface area (Å²) in [6.45, 7) is 0. The van der Waals surface area contributed by atoms with Crippen LogP contribution in [0.25, 0.3) is 5.76 Å². The Kier molecular flexibility index (Phi) is 6.50. The number of anilines is 1. The van der Waals surface area contributed by atoms with Gasteiger partial charge in [-0.25, -0.2) is 4.39 Å². The number of amides is 1. The van der Waals surface area contributed by atoms with Gasteiger partial charge in [0.15, 0.2) is 0 Å². The molecular weight excluding hydrogens is 484 g/mol. The van der Waals surface area contributed by atoms with Crippen LogP contribution in [0.1, 0.15) is 17.2 Å². The van der Waals surface area contributed by atoms with E-state index in [1.165, 1.54) is 61.6 Å². The van der Waals surface area contributed by atoms with Crippen molar-refractivity contribution in [2.45, 2.75) is 6.04 Å². The normalized spacial score (nSPS) is 17.2. The van der Waals surface area contributed by atoms with Crippen molar-refractivity contribution in [1.29, 1.82) is 0 Å². The fourth-order valence-electron chi connectivity index (χ4n) is 3.91. The van der Waals surface area contributed by atoms with Crippen molar-refractivity contribution in [2.24, 2.45) is 0 Å². The van der Waals surface area contributed by atoms with Gasteiger partial charge in [-0.1, -0.05) is 41.4 Å². The summed E-state index contributed by atoms with van der Waals surface area (Å²) in [6.07, 6.45) is 0. The summed E-state index contributed by atoms with van der Waals surface area (Å²) >= 11 is 12.2. The molecule has 1 aliphatic rings. The van der Waals surface area contributed by atoms with Crippen LogP contribution in [0.4, 0.5) is 10.1 Å². The van der Waals surface area contributed by atoms with Crippen LogP contribution in [0.3, 0.4) is 0 Å². The number of rotatable bonds is 5. The van der Waals surface area contributed by atoms with Gasteiger partial charge in [-0.3, -0.25) is 14.5 Å². The molecule has 1 heterocycles. The van der Waals surface area contributed by atoms with Crippen LogP contribution in [-0.4, -0.2) is 31.0 Å². The van der Waals surface area contributed by atoms with E-state index in [0.29, 0.717) is 5.56 Å². The molecule has 0 spiro atoms. The van der Waals surface area contributed by atoms with E-state index in [0.717, 1.165) is 0 Å². The first-order chi connectivity index (χ1) is 16.3. The van der Waals surface area contributed by atoms with Crippen LogP contribution >= 0.6 is 23.2 Å². The molecule has 1 atom stereocenters. The molecule has 0 saturated carbocycles. The predicted molar refractivity (Wildman–Crippen MR) is 127 cm³/mol. The summed E-state index contributed by atoms with van der Waals surface area (Å²) in [5.74, 6) is -2.37. The monoisotopic (exact) mass is 501 g/mol. The lowest BCUT2D eigenvalue weighted by Crippen LogP contribution is -2.29. The van der Waals surface area contributed by atoms with Gasteiger partial charge in [0, 0.05) is 5.69 Å². The minimum absolute atomic E-state index is 0.103. The number of methoxy groups -OCH3 is 2. The van der Waals surface area contributed by atoms with Crippen molar-refractivity contribution in [1.82, 2.24) is 0 Å². The zero-order chi connectivity index (χ0) is 24.6. The molecule has 1 saturated heterocycles. The molecule has 1 unspecified atom stereocenters. The Morgan fingerprint density at radius 3 is 2.12 bits per heavy atom. The molecule has 0 bridgehead atoms. The SMILES string of the molecule is COc1cccc(OC)c1/C(O)=C1\C(=O)C(=O)N(c2ccc(Cl)c(Cl)c2)C1c1ccc(F)cc1. The topological polar surface area (TPSA) is 76.1 Å². The second kappa shape index (κ2) is 9.37. The number of aliphatic hydroxyl groups excluding tert-OH is 1. The number of benzene rings is 3. The van der Waals surface area contributed by atoms with Crippen LogP contribution in [0.5, 0.6) is 11.5 Å². The number of carbonyl (C=O) groups is 2. The Morgan fingerprint density at radius 2 is 1.56 bits per heavy atom. The van der Waals surface area contributed by atoms with Crippen molar-refractivity contribution in [3.8, 4) is 11.5 Å². The molecule has 0 aromatic heterocycles. The molecule has 6 nitrogen and oxygen atoms in total. The number of Topliss-reactive ketones (excluding diaryl/α,β-unsaturated/α-hetero) is 1. The van der Waals surface area contributed by atoms with Gasteiger partial charge < -0.3 is 14.6 Å². The lowest BCUT2D eigenvalue weighted by Gasteiger charge is -2.26. The minimum Gasteiger partial charge on any atom is -0.506 e. The van der Waals surface area contributed by atoms with E-state index in [2.05, 4.69) is 0 Å². The summed E-state index contributed by atoms with van der Waals surface area (Å²) in [5.41, 5.74) is 0.552. The van der Waals surface area contributed by atoms with Gasteiger partial charge >= 0.3 is 0 Å². The third-order valence-electron chi connectivity index (χ3n) is 5.48. The molecule has 4 rings (SSSR count). The Hall–Kier alpha value is -3.55. The van der Waals surface area contributed by atoms with E-state index in [1.54, 1.807) is 18.2 Å². The number of ketones is 1. The lowest BCUT2D eigenvalue weighted by atomic mass is 9.94. The van der Waals surface area contributed by atoms with Crippen molar-refractivity contribution in [3.63, 3.8) is 0 Å². The van der Waals surface area contributed by atoms with Gasteiger partial charge in [-0.15, -0.1) is 0 Å². The Balaban J connectivity index is 2.01. The molecule has 3 aromatic carbocycles. The maximum atomic E-state index is 13.7. The second-order valence-corrected chi connectivity index (χ2v) is 8.17. The number of aliphatic hydroxyl groups is 1. The van der Waals surface area contributed by atoms with E-state index >= 15 is 0 Å². The third-order valence-corrected chi connectivity index (χ3v) is 6.22. The molecule has 34 heavy (non-hydrogen) atoms. The maximum Gasteiger partial charge on any atom is 0.300 e. The highest BCUT2D eigenvalue weighted by Gasteiger charge is 2.47. The molecular formula is C25H18Cl2FNO5. The zero-order valence-electron chi connectivity index (χ0n) is 18.0. The number of ether oxygens (including phenoxy) is 2. The maximum absolute atomic E-state index is 13.7. The van der Waals surface area contributed by atoms with Gasteiger partial charge in [-0.05, 0) is 48.0 Å². The second-order valence-electron chi connectivity index (χ2n) is 7.36. The zero-order valence-corrected chi connectivity index (χ0v) is 19.5. The quantitative estimate of drug-likeness (QED) is 0.272. The summed E-state index contributed by atoms with van der Waals surface area (Å²) in [6, 6.07) is 13.5. The standard InChI is InChI=1S/C25H18Cl2FNO5/c1-33-18-4-3-5-19(34-2)20(18)23(30)21-22(13-6-8-14(28)9-7-13)29(25(32)24(21)31)15-10-11-16(26)17(27)12-15/h3-12,22,30H,1-2H3/b23-21+. The summed E-state index contributed by atoms with van der Waals surface area (Å²) in [4.78, 5) is 27.7. The molecule has 0 aliphatic carbocycles. The number of carbonyl (C=O) groups excluding carboxylic acids is 2. The van der Waals surface area contributed by atoms with Crippen LogP contribution in [0.15, 0.2) is 66.2 Å². The third kappa shape index (κ3) is 3.97. The highest BCUT2D eigenvalue weighted by atomic mass is 35.5. The smallest absolute Gasteiger partial charge is 0.300 e. The van der Waals surface area contributed by atoms with Gasteiger partial charge in [0.1, 0.15) is 28.6 Å². The van der Waals surface area contributed by atoms with Gasteiger partial charge in [-0.2, -0.15) is 0 Å². The lowest BCUT2D eigenvalue weighted by molar-refractivity contribution is -0.132. The van der Waals surface area contributed by atoms with Gasteiger partial charge in [0.25, 0.3) is 11.7 Å². The van der Waals surface area contributed by atoms with Crippen molar-refractivity contribution in [3.05, 3.63) is 93.2 Å². The van der Waals surface area contributed by atoms with E-state index in [-0.39, 0.29) is 38.4 Å². The van der Waals surface area contributed by atoms with E-state index < -0.39 is 29.3 Å². The van der Waals surface area contributed by atoms with Crippen LogP contribution in [0.2, 0.25) is 10.0 Å². The Labute approximate surface area is 204 Å². The fourth-order valence-corrected chi connectivity index (χ4v) is 4.21. The highest BCUT2D eigenvalue weighted by molar-refractivity contribution is 6.52. The van der Waals surface area contributed by atoms with Crippen molar-refractivity contribution >= 4 is 46.3 Å². The molecule has 9 heteroatoms. The molecule has 174 valence electrons. The summed E-state index contributed by atoms with van der Waals surface area (Å²) in [5, 5.41) is 11.8. The largest absolute Gasteiger partial charge is 0.506 e. The van der Waals surface area contributed by atoms with Gasteiger partial charge in [0.2, 0.25) is 0 Å². The van der Waals surface area contributed by atoms with Crippen molar-refractivity contribution in [2.75, 3.05) is 19.1 Å². The number of hydrogen-bond donors (Lipinski definition) is 1. The van der Waals surface area contributed by atoms with Crippen molar-refractivity contribution < 1.29 is 28.6 Å². The molecule has 3 aromatic rings. The fraction of sp³-hybridized carbons (Fsp3) is 0.120. The molecule has 0 radical (unpaired) electrons. The Bertz CT molecular complexity index is 1300. The number of halogens is 3. The molecule has 1 fully saturated rings. The average molecular weight is 502 g/mol. The Morgan fingerprint density at radius 1 is 0.941 bits per heavy atom. The minimum atomic E-state index is -1.09. The van der Waals surface area contributed by atoms with Crippen LogP contribution < -0.4 is 14.4 Å².